The van der Waals surface area contributed by atoms with E-state index in [1.54, 1.807) is 24.3 Å². The molecule has 1 fully saturated rings. The van der Waals surface area contributed by atoms with Gasteiger partial charge in [-0.25, -0.2) is 0 Å². The first-order valence-corrected chi connectivity index (χ1v) is 10.7. The highest BCUT2D eigenvalue weighted by atomic mass is 32.1. The molecule has 0 aromatic heterocycles. The molecule has 0 bridgehead atoms. The zero-order valence-electron chi connectivity index (χ0n) is 17.8. The Morgan fingerprint density at radius 2 is 2.00 bits per heavy atom. The van der Waals surface area contributed by atoms with Gasteiger partial charge in [0.2, 0.25) is 5.91 Å². The fourth-order valence-electron chi connectivity index (χ4n) is 2.96. The van der Waals surface area contributed by atoms with Gasteiger partial charge in [0.1, 0.15) is 18.4 Å². The Hall–Kier alpha value is -2.72. The minimum atomic E-state index is -0.868. The van der Waals surface area contributed by atoms with E-state index < -0.39 is 17.9 Å². The van der Waals surface area contributed by atoms with Crippen LogP contribution in [0.5, 0.6) is 5.75 Å². The van der Waals surface area contributed by atoms with E-state index in [1.165, 1.54) is 4.90 Å². The number of nitrogens with one attached hydrogen (secondary N) is 2. The predicted molar refractivity (Wildman–Crippen MR) is 118 cm³/mol. The molecule has 1 saturated heterocycles. The fourth-order valence-corrected chi connectivity index (χ4v) is 3.28. The maximum absolute atomic E-state index is 12.8. The number of esters is 1. The van der Waals surface area contributed by atoms with E-state index in [1.807, 2.05) is 13.8 Å². The van der Waals surface area contributed by atoms with Gasteiger partial charge in [-0.1, -0.05) is 19.1 Å². The average Bonchev–Trinajstić information content (AvgIpc) is 2.76. The lowest BCUT2D eigenvalue weighted by Crippen LogP contribution is -2.60. The Balaban J connectivity index is 2.02. The molecular weight excluding hydrogens is 422 g/mol. The first kappa shape index (κ1) is 24.5. The second-order valence-electron chi connectivity index (χ2n) is 6.73. The summed E-state index contributed by atoms with van der Waals surface area (Å²) in [4.78, 5) is 38.8. The zero-order chi connectivity index (χ0) is 22.6. The van der Waals surface area contributed by atoms with Crippen molar-refractivity contribution in [1.82, 2.24) is 15.5 Å². The van der Waals surface area contributed by atoms with Crippen LogP contribution in [0, 0.1) is 0 Å². The smallest absolute Gasteiger partial charge is 0.308 e. The van der Waals surface area contributed by atoms with E-state index in [4.69, 9.17) is 26.4 Å². The van der Waals surface area contributed by atoms with Crippen LogP contribution in [0.3, 0.4) is 0 Å². The third-order valence-electron chi connectivity index (χ3n) is 4.46. The van der Waals surface area contributed by atoms with E-state index in [0.717, 1.165) is 6.42 Å². The molecule has 2 N–H and O–H groups in total. The summed E-state index contributed by atoms with van der Waals surface area (Å²) in [5.74, 6) is -0.883. The predicted octanol–water partition coefficient (Wildman–Crippen LogP) is 1.26. The quantitative estimate of drug-likeness (QED) is 0.311. The summed E-state index contributed by atoms with van der Waals surface area (Å²) in [6.45, 7) is 5.92. The van der Waals surface area contributed by atoms with Gasteiger partial charge in [0.25, 0.3) is 5.91 Å². The van der Waals surface area contributed by atoms with Gasteiger partial charge in [-0.3, -0.25) is 19.7 Å². The Morgan fingerprint density at radius 3 is 2.74 bits per heavy atom. The molecule has 2 amide bonds. The molecule has 1 aliphatic rings. The SMILES string of the molecule is CCCOc1ccccc1C(=O)NC(=S)N1CCNC(=O)C1CC(=O)OCCOCC. The van der Waals surface area contributed by atoms with Crippen LogP contribution in [0.2, 0.25) is 0 Å². The summed E-state index contributed by atoms with van der Waals surface area (Å²) >= 11 is 5.39. The number of carbonyl (C=O) groups is 3. The molecule has 1 unspecified atom stereocenters. The highest BCUT2D eigenvalue weighted by molar-refractivity contribution is 7.80. The number of para-hydroxylation sites is 1. The highest BCUT2D eigenvalue weighted by Gasteiger charge is 2.34. The topological polar surface area (TPSA) is 106 Å². The van der Waals surface area contributed by atoms with Crippen molar-refractivity contribution in [2.24, 2.45) is 0 Å². The van der Waals surface area contributed by atoms with Gasteiger partial charge < -0.3 is 24.4 Å². The monoisotopic (exact) mass is 451 g/mol. The van der Waals surface area contributed by atoms with E-state index in [2.05, 4.69) is 10.6 Å². The summed E-state index contributed by atoms with van der Waals surface area (Å²) < 4.78 is 15.9. The number of amides is 2. The molecule has 0 saturated carbocycles. The number of rotatable bonds is 10. The molecule has 1 atom stereocenters. The molecule has 9 nitrogen and oxygen atoms in total. The highest BCUT2D eigenvalue weighted by Crippen LogP contribution is 2.18. The van der Waals surface area contributed by atoms with Crippen LogP contribution in [0.4, 0.5) is 0 Å². The number of hydrogen-bond acceptors (Lipinski definition) is 7. The molecule has 31 heavy (non-hydrogen) atoms. The van der Waals surface area contributed by atoms with Crippen molar-refractivity contribution in [2.75, 3.05) is 39.5 Å². The molecule has 1 aliphatic heterocycles. The van der Waals surface area contributed by atoms with Gasteiger partial charge in [0.05, 0.1) is 25.2 Å². The van der Waals surface area contributed by atoms with Crippen LogP contribution in [0.15, 0.2) is 24.3 Å². The number of piperazine rings is 1. The van der Waals surface area contributed by atoms with Crippen molar-refractivity contribution in [1.29, 1.82) is 0 Å². The molecule has 1 aromatic carbocycles. The largest absolute Gasteiger partial charge is 0.493 e. The molecule has 0 radical (unpaired) electrons. The van der Waals surface area contributed by atoms with Crippen molar-refractivity contribution >= 4 is 35.1 Å². The van der Waals surface area contributed by atoms with Crippen molar-refractivity contribution in [2.45, 2.75) is 32.7 Å². The standard InChI is InChI=1S/C21H29N3O6S/c1-3-11-29-17-8-6-5-7-15(17)19(26)23-21(31)24-10-9-22-20(27)16(24)14-18(25)30-13-12-28-4-2/h5-8,16H,3-4,9-14H2,1-2H3,(H,22,27)(H,23,26,31). The molecule has 10 heteroatoms. The van der Waals surface area contributed by atoms with Gasteiger partial charge in [0, 0.05) is 19.7 Å². The summed E-state index contributed by atoms with van der Waals surface area (Å²) in [5.41, 5.74) is 0.339. The van der Waals surface area contributed by atoms with Crippen LogP contribution in [-0.2, 0) is 19.1 Å². The normalized spacial score (nSPS) is 15.7. The van der Waals surface area contributed by atoms with Gasteiger partial charge in [0.15, 0.2) is 5.11 Å². The van der Waals surface area contributed by atoms with Gasteiger partial charge in [-0.2, -0.15) is 0 Å². The zero-order valence-corrected chi connectivity index (χ0v) is 18.7. The molecule has 2 rings (SSSR count). The van der Waals surface area contributed by atoms with E-state index >= 15 is 0 Å². The third kappa shape index (κ3) is 7.48. The Bertz CT molecular complexity index is 788. The van der Waals surface area contributed by atoms with Gasteiger partial charge >= 0.3 is 5.97 Å². The summed E-state index contributed by atoms with van der Waals surface area (Å²) in [6.07, 6.45) is 0.615. The molecular formula is C21H29N3O6S. The van der Waals surface area contributed by atoms with Crippen molar-refractivity contribution in [3.63, 3.8) is 0 Å². The number of carbonyl (C=O) groups excluding carboxylic acids is 3. The van der Waals surface area contributed by atoms with E-state index in [0.29, 0.717) is 37.6 Å². The molecule has 1 aromatic rings. The second kappa shape index (κ2) is 12.9. The first-order valence-electron chi connectivity index (χ1n) is 10.3. The van der Waals surface area contributed by atoms with E-state index in [9.17, 15) is 14.4 Å². The van der Waals surface area contributed by atoms with Crippen LogP contribution in [0.1, 0.15) is 37.0 Å². The van der Waals surface area contributed by atoms with Crippen molar-refractivity contribution < 1.29 is 28.6 Å². The minimum absolute atomic E-state index is 0.0669. The van der Waals surface area contributed by atoms with Gasteiger partial charge in [-0.15, -0.1) is 0 Å². The van der Waals surface area contributed by atoms with Crippen LogP contribution < -0.4 is 15.4 Å². The number of thiocarbonyl (C=S) groups is 1. The molecule has 1 heterocycles. The van der Waals surface area contributed by atoms with E-state index in [-0.39, 0.29) is 30.7 Å². The average molecular weight is 452 g/mol. The number of hydrogen-bond donors (Lipinski definition) is 2. The van der Waals surface area contributed by atoms with Gasteiger partial charge in [-0.05, 0) is 37.7 Å². The first-order chi connectivity index (χ1) is 15.0. The van der Waals surface area contributed by atoms with Crippen molar-refractivity contribution in [3.05, 3.63) is 29.8 Å². The molecule has 0 spiro atoms. The van der Waals surface area contributed by atoms with Crippen LogP contribution in [-0.4, -0.2) is 73.4 Å². The lowest BCUT2D eigenvalue weighted by molar-refractivity contribution is -0.148. The summed E-state index contributed by atoms with van der Waals surface area (Å²) in [6, 6.07) is 5.99. The van der Waals surface area contributed by atoms with Crippen LogP contribution >= 0.6 is 12.2 Å². The maximum Gasteiger partial charge on any atom is 0.308 e. The Kier molecular flexibility index (Phi) is 10.2. The summed E-state index contributed by atoms with van der Waals surface area (Å²) in [5, 5.41) is 5.43. The number of benzene rings is 1. The number of nitrogens with zero attached hydrogens (tertiary/aromatic N) is 1. The Morgan fingerprint density at radius 1 is 1.23 bits per heavy atom. The fraction of sp³-hybridized carbons (Fsp3) is 0.524. The van der Waals surface area contributed by atoms with Crippen molar-refractivity contribution in [3.8, 4) is 5.75 Å². The lowest BCUT2D eigenvalue weighted by atomic mass is 10.1. The Labute approximate surface area is 187 Å². The second-order valence-corrected chi connectivity index (χ2v) is 7.11. The minimum Gasteiger partial charge on any atom is -0.493 e. The third-order valence-corrected chi connectivity index (χ3v) is 4.80. The summed E-state index contributed by atoms with van der Waals surface area (Å²) in [7, 11) is 0. The maximum atomic E-state index is 12.8. The number of ether oxygens (including phenoxy) is 3. The van der Waals surface area contributed by atoms with Crippen LogP contribution in [0.25, 0.3) is 0 Å². The molecule has 0 aliphatic carbocycles. The molecule has 170 valence electrons. The lowest BCUT2D eigenvalue weighted by Gasteiger charge is -2.36.